The highest BCUT2D eigenvalue weighted by Gasteiger charge is 2.26. The second-order valence-corrected chi connectivity index (χ2v) is 10.6. The van der Waals surface area contributed by atoms with Crippen molar-refractivity contribution in [2.24, 2.45) is 0 Å². The highest BCUT2D eigenvalue weighted by atomic mass is 32.2. The monoisotopic (exact) mass is 467 g/mol. The molecule has 0 spiro atoms. The summed E-state index contributed by atoms with van der Waals surface area (Å²) < 4.78 is 31.8. The van der Waals surface area contributed by atoms with Crippen LogP contribution in [0.5, 0.6) is 0 Å². The van der Waals surface area contributed by atoms with Crippen molar-refractivity contribution in [2.75, 3.05) is 44.4 Å². The van der Waals surface area contributed by atoms with Crippen LogP contribution in [-0.4, -0.2) is 68.0 Å². The number of carbonyl (C=O) groups excluding carboxylic acids is 1. The summed E-state index contributed by atoms with van der Waals surface area (Å²) in [5.74, 6) is 1.13. The van der Waals surface area contributed by atoms with Gasteiger partial charge in [-0.05, 0) is 36.4 Å². The molecule has 1 saturated heterocycles. The van der Waals surface area contributed by atoms with Crippen molar-refractivity contribution < 1.29 is 17.9 Å². The molecular formula is C20H25N3O4S3. The van der Waals surface area contributed by atoms with E-state index in [4.69, 9.17) is 4.74 Å². The van der Waals surface area contributed by atoms with Crippen molar-refractivity contribution in [2.45, 2.75) is 21.2 Å². The number of thioether (sulfide) groups is 2. The maximum atomic E-state index is 12.6. The molecule has 1 fully saturated rings. The van der Waals surface area contributed by atoms with Crippen molar-refractivity contribution in [1.82, 2.24) is 14.6 Å². The van der Waals surface area contributed by atoms with Gasteiger partial charge in [0, 0.05) is 30.7 Å². The van der Waals surface area contributed by atoms with Crippen LogP contribution in [0.25, 0.3) is 0 Å². The zero-order valence-electron chi connectivity index (χ0n) is 16.5. The topological polar surface area (TPSA) is 88.6 Å². The molecule has 0 radical (unpaired) electrons. The van der Waals surface area contributed by atoms with E-state index in [-0.39, 0.29) is 16.6 Å². The number of rotatable bonds is 10. The van der Waals surface area contributed by atoms with Crippen LogP contribution in [0.15, 0.2) is 63.5 Å². The van der Waals surface area contributed by atoms with Crippen LogP contribution in [0.4, 0.5) is 0 Å². The van der Waals surface area contributed by atoms with Gasteiger partial charge in [0.1, 0.15) is 4.90 Å². The largest absolute Gasteiger partial charge is 0.379 e. The minimum absolute atomic E-state index is 0.0588. The summed E-state index contributed by atoms with van der Waals surface area (Å²) in [7, 11) is -3.55. The van der Waals surface area contributed by atoms with Crippen molar-refractivity contribution >= 4 is 39.5 Å². The molecule has 2 aromatic rings. The lowest BCUT2D eigenvalue weighted by atomic mass is 10.4. The average molecular weight is 468 g/mol. The Morgan fingerprint density at radius 3 is 2.57 bits per heavy atom. The molecule has 3 rings (SSSR count). The second kappa shape index (κ2) is 11.7. The molecule has 0 saturated carbocycles. The number of aromatic nitrogens is 1. The molecule has 1 aliphatic heterocycles. The van der Waals surface area contributed by atoms with E-state index in [0.717, 1.165) is 12.2 Å². The van der Waals surface area contributed by atoms with Gasteiger partial charge in [-0.25, -0.2) is 13.4 Å². The molecule has 0 aliphatic carbocycles. The Hall–Kier alpha value is -1.59. The number of nitrogens with zero attached hydrogens (tertiary/aromatic N) is 2. The molecule has 0 unspecified atom stereocenters. The summed E-state index contributed by atoms with van der Waals surface area (Å²) in [6.07, 6.45) is 2.24. The van der Waals surface area contributed by atoms with E-state index in [1.165, 1.54) is 27.2 Å². The van der Waals surface area contributed by atoms with E-state index in [1.54, 1.807) is 23.9 Å². The van der Waals surface area contributed by atoms with Gasteiger partial charge in [-0.2, -0.15) is 4.31 Å². The number of amides is 1. The predicted molar refractivity (Wildman–Crippen MR) is 119 cm³/mol. The molecule has 1 aromatic heterocycles. The summed E-state index contributed by atoms with van der Waals surface area (Å²) in [5, 5.41) is 3.52. The first-order valence-electron chi connectivity index (χ1n) is 9.67. The molecule has 2 heterocycles. The lowest BCUT2D eigenvalue weighted by Crippen LogP contribution is -2.40. The molecule has 10 heteroatoms. The van der Waals surface area contributed by atoms with E-state index in [0.29, 0.717) is 37.9 Å². The number of nitrogens with one attached hydrogen (secondary N) is 1. The minimum atomic E-state index is -3.55. The lowest BCUT2D eigenvalue weighted by molar-refractivity contribution is -0.118. The molecule has 7 nitrogen and oxygen atoms in total. The van der Waals surface area contributed by atoms with Gasteiger partial charge in [0.2, 0.25) is 15.9 Å². The fourth-order valence-electron chi connectivity index (χ4n) is 2.74. The zero-order chi connectivity index (χ0) is 21.2. The first-order valence-corrected chi connectivity index (χ1v) is 13.1. The highest BCUT2D eigenvalue weighted by molar-refractivity contribution is 8.00. The Balaban J connectivity index is 1.36. The molecular weight excluding hydrogens is 442 g/mol. The first kappa shape index (κ1) is 23.1. The number of hydrogen-bond acceptors (Lipinski definition) is 7. The SMILES string of the molecule is O=C(CSc1ccc(S(=O)(=O)N2CCOCC2)cn1)NCCCSc1ccccc1. The van der Waals surface area contributed by atoms with Crippen LogP contribution in [0, 0.1) is 0 Å². The highest BCUT2D eigenvalue weighted by Crippen LogP contribution is 2.20. The molecule has 30 heavy (non-hydrogen) atoms. The first-order chi connectivity index (χ1) is 14.6. The maximum Gasteiger partial charge on any atom is 0.244 e. The van der Waals surface area contributed by atoms with E-state index in [9.17, 15) is 13.2 Å². The Kier molecular flexibility index (Phi) is 9.01. The van der Waals surface area contributed by atoms with Gasteiger partial charge in [-0.15, -0.1) is 11.8 Å². The summed E-state index contributed by atoms with van der Waals surface area (Å²) in [5.41, 5.74) is 0. The molecule has 1 aromatic carbocycles. The van der Waals surface area contributed by atoms with Gasteiger partial charge < -0.3 is 10.1 Å². The van der Waals surface area contributed by atoms with E-state index in [2.05, 4.69) is 22.4 Å². The van der Waals surface area contributed by atoms with Gasteiger partial charge in [0.15, 0.2) is 0 Å². The van der Waals surface area contributed by atoms with Crippen molar-refractivity contribution in [3.8, 4) is 0 Å². The van der Waals surface area contributed by atoms with Gasteiger partial charge in [0.05, 0.1) is 24.0 Å². The standard InChI is InChI=1S/C20H25N3O4S3/c24-19(21-9-4-14-28-17-5-2-1-3-6-17)16-29-20-8-7-18(15-22-20)30(25,26)23-10-12-27-13-11-23/h1-3,5-8,15H,4,9-14,16H2,(H,21,24). The van der Waals surface area contributed by atoms with Crippen LogP contribution < -0.4 is 5.32 Å². The zero-order valence-corrected chi connectivity index (χ0v) is 19.0. The lowest BCUT2D eigenvalue weighted by Gasteiger charge is -2.25. The van der Waals surface area contributed by atoms with Crippen LogP contribution in [-0.2, 0) is 19.6 Å². The molecule has 162 valence electrons. The minimum Gasteiger partial charge on any atom is -0.379 e. The second-order valence-electron chi connectivity index (χ2n) is 6.50. The van der Waals surface area contributed by atoms with E-state index < -0.39 is 10.0 Å². The Labute approximate surface area is 186 Å². The van der Waals surface area contributed by atoms with Crippen molar-refractivity contribution in [3.63, 3.8) is 0 Å². The molecule has 0 atom stereocenters. The third-order valence-corrected chi connectivity index (χ3v) is 8.25. The number of benzene rings is 1. The Morgan fingerprint density at radius 1 is 1.10 bits per heavy atom. The summed E-state index contributed by atoms with van der Waals surface area (Å²) in [6, 6.07) is 13.3. The third kappa shape index (κ3) is 6.98. The Bertz CT molecular complexity index is 903. The molecule has 1 N–H and O–H groups in total. The number of ether oxygens (including phenoxy) is 1. The van der Waals surface area contributed by atoms with Gasteiger partial charge in [-0.1, -0.05) is 30.0 Å². The smallest absolute Gasteiger partial charge is 0.244 e. The Morgan fingerprint density at radius 2 is 1.87 bits per heavy atom. The maximum absolute atomic E-state index is 12.6. The van der Waals surface area contributed by atoms with E-state index in [1.807, 2.05) is 18.2 Å². The van der Waals surface area contributed by atoms with Crippen molar-refractivity contribution in [1.29, 1.82) is 0 Å². The summed E-state index contributed by atoms with van der Waals surface area (Å²) in [4.78, 5) is 17.6. The molecule has 1 aliphatic rings. The van der Waals surface area contributed by atoms with Crippen LogP contribution in [0.2, 0.25) is 0 Å². The normalized spacial score (nSPS) is 15.1. The molecule has 0 bridgehead atoms. The van der Waals surface area contributed by atoms with Crippen LogP contribution >= 0.6 is 23.5 Å². The van der Waals surface area contributed by atoms with Gasteiger partial charge >= 0.3 is 0 Å². The quantitative estimate of drug-likeness (QED) is 0.424. The fourth-order valence-corrected chi connectivity index (χ4v) is 5.64. The van der Waals surface area contributed by atoms with Crippen molar-refractivity contribution in [3.05, 3.63) is 48.7 Å². The predicted octanol–water partition coefficient (Wildman–Crippen LogP) is 2.49. The summed E-state index contributed by atoms with van der Waals surface area (Å²) >= 11 is 3.06. The summed E-state index contributed by atoms with van der Waals surface area (Å²) in [6.45, 7) is 2.14. The average Bonchev–Trinajstić information content (AvgIpc) is 2.79. The number of hydrogen-bond donors (Lipinski definition) is 1. The number of morpholine rings is 1. The van der Waals surface area contributed by atoms with Gasteiger partial charge in [0.25, 0.3) is 0 Å². The fraction of sp³-hybridized carbons (Fsp3) is 0.400. The van der Waals surface area contributed by atoms with Crippen LogP contribution in [0.3, 0.4) is 0 Å². The van der Waals surface area contributed by atoms with Gasteiger partial charge in [-0.3, -0.25) is 4.79 Å². The number of pyridine rings is 1. The number of carbonyl (C=O) groups is 1. The third-order valence-electron chi connectivity index (χ3n) is 4.32. The molecule has 1 amide bonds. The van der Waals surface area contributed by atoms with Crippen LogP contribution in [0.1, 0.15) is 6.42 Å². The number of sulfonamides is 1. The van der Waals surface area contributed by atoms with E-state index >= 15 is 0 Å².